The Bertz CT molecular complexity index is 275. The number of esters is 1. The Morgan fingerprint density at radius 3 is 2.21 bits per heavy atom. The lowest BCUT2D eigenvalue weighted by molar-refractivity contribution is -0.148. The first-order valence-electron chi connectivity index (χ1n) is 7.27. The molecule has 4 nitrogen and oxygen atoms in total. The van der Waals surface area contributed by atoms with Crippen LogP contribution in [0.25, 0.3) is 0 Å². The predicted molar refractivity (Wildman–Crippen MR) is 76.7 cm³/mol. The Labute approximate surface area is 117 Å². The van der Waals surface area contributed by atoms with E-state index in [1.807, 2.05) is 27.7 Å². The van der Waals surface area contributed by atoms with Gasteiger partial charge < -0.3 is 10.5 Å². The number of hydrogen-bond donors (Lipinski definition) is 1. The molecule has 1 unspecified atom stereocenters. The van der Waals surface area contributed by atoms with Gasteiger partial charge in [0.1, 0.15) is 5.78 Å². The van der Waals surface area contributed by atoms with E-state index >= 15 is 0 Å². The van der Waals surface area contributed by atoms with Gasteiger partial charge in [0, 0.05) is 11.8 Å². The maximum atomic E-state index is 12.1. The maximum absolute atomic E-state index is 12.1. The normalized spacial score (nSPS) is 12.8. The van der Waals surface area contributed by atoms with Gasteiger partial charge in [-0.2, -0.15) is 0 Å². The zero-order valence-electron chi connectivity index (χ0n) is 12.8. The molecular weight excluding hydrogens is 242 g/mol. The standard InChI is InChI=1S/C15H29NO3/c1-11(2)10-19-14(17)9-13(7-5-6-8-16)15(18)12(3)4/h11-13H,5-10,16H2,1-4H3. The van der Waals surface area contributed by atoms with Gasteiger partial charge in [0.15, 0.2) is 0 Å². The molecule has 1 atom stereocenters. The third kappa shape index (κ3) is 8.76. The molecule has 0 fully saturated rings. The van der Waals surface area contributed by atoms with E-state index in [1.54, 1.807) is 0 Å². The number of nitrogens with two attached hydrogens (primary N) is 1. The SMILES string of the molecule is CC(C)COC(=O)CC(CCCCN)C(=O)C(C)C. The molecule has 0 rings (SSSR count). The number of Topliss-reactive ketones (excluding diaryl/α,β-unsaturated/α-hetero) is 1. The predicted octanol–water partition coefficient (Wildman–Crippen LogP) is 2.55. The van der Waals surface area contributed by atoms with Crippen molar-refractivity contribution in [2.45, 2.75) is 53.4 Å². The summed E-state index contributed by atoms with van der Waals surface area (Å²) >= 11 is 0. The highest BCUT2D eigenvalue weighted by Gasteiger charge is 2.24. The highest BCUT2D eigenvalue weighted by molar-refractivity contribution is 5.86. The summed E-state index contributed by atoms with van der Waals surface area (Å²) in [6.45, 7) is 8.77. The minimum absolute atomic E-state index is 0.0409. The van der Waals surface area contributed by atoms with Crippen molar-refractivity contribution >= 4 is 11.8 Å². The molecule has 0 radical (unpaired) electrons. The van der Waals surface area contributed by atoms with Crippen LogP contribution in [0, 0.1) is 17.8 Å². The summed E-state index contributed by atoms with van der Waals surface area (Å²) in [5.41, 5.74) is 5.46. The molecule has 0 aromatic carbocycles. The summed E-state index contributed by atoms with van der Waals surface area (Å²) in [7, 11) is 0. The van der Waals surface area contributed by atoms with E-state index < -0.39 is 0 Å². The summed E-state index contributed by atoms with van der Waals surface area (Å²) < 4.78 is 5.15. The van der Waals surface area contributed by atoms with E-state index in [9.17, 15) is 9.59 Å². The van der Waals surface area contributed by atoms with Crippen molar-refractivity contribution in [1.82, 2.24) is 0 Å². The van der Waals surface area contributed by atoms with E-state index in [4.69, 9.17) is 10.5 Å². The highest BCUT2D eigenvalue weighted by Crippen LogP contribution is 2.19. The third-order valence-electron chi connectivity index (χ3n) is 2.97. The summed E-state index contributed by atoms with van der Waals surface area (Å²) in [5, 5.41) is 0. The number of ether oxygens (including phenoxy) is 1. The minimum Gasteiger partial charge on any atom is -0.465 e. The van der Waals surface area contributed by atoms with E-state index in [0.717, 1.165) is 19.3 Å². The van der Waals surface area contributed by atoms with Crippen LogP contribution in [0.4, 0.5) is 0 Å². The number of carbonyl (C=O) groups is 2. The quantitative estimate of drug-likeness (QED) is 0.489. The molecule has 0 saturated carbocycles. The second-order valence-electron chi connectivity index (χ2n) is 5.82. The zero-order valence-corrected chi connectivity index (χ0v) is 12.8. The summed E-state index contributed by atoms with van der Waals surface area (Å²) in [5.74, 6) is -0.0496. The number of hydrogen-bond acceptors (Lipinski definition) is 4. The fourth-order valence-electron chi connectivity index (χ4n) is 1.87. The van der Waals surface area contributed by atoms with Crippen LogP contribution in [-0.4, -0.2) is 24.9 Å². The molecule has 0 spiro atoms. The van der Waals surface area contributed by atoms with Gasteiger partial charge >= 0.3 is 5.97 Å². The molecule has 112 valence electrons. The van der Waals surface area contributed by atoms with Crippen LogP contribution < -0.4 is 5.73 Å². The monoisotopic (exact) mass is 271 g/mol. The summed E-state index contributed by atoms with van der Waals surface area (Å²) in [6.07, 6.45) is 2.71. The van der Waals surface area contributed by atoms with E-state index in [2.05, 4.69) is 0 Å². The van der Waals surface area contributed by atoms with Gasteiger partial charge in [0.05, 0.1) is 13.0 Å². The van der Waals surface area contributed by atoms with Gasteiger partial charge in [0.2, 0.25) is 0 Å². The smallest absolute Gasteiger partial charge is 0.306 e. The van der Waals surface area contributed by atoms with Gasteiger partial charge in [-0.15, -0.1) is 0 Å². The second-order valence-corrected chi connectivity index (χ2v) is 5.82. The Morgan fingerprint density at radius 1 is 1.11 bits per heavy atom. The fraction of sp³-hybridized carbons (Fsp3) is 0.867. The minimum atomic E-state index is -0.263. The molecule has 0 aliphatic carbocycles. The molecule has 2 N–H and O–H groups in total. The lowest BCUT2D eigenvalue weighted by Crippen LogP contribution is -2.24. The van der Waals surface area contributed by atoms with Crippen molar-refractivity contribution in [2.75, 3.05) is 13.2 Å². The molecule has 0 amide bonds. The van der Waals surface area contributed by atoms with E-state index in [1.165, 1.54) is 0 Å². The first-order chi connectivity index (χ1) is 8.88. The molecule has 19 heavy (non-hydrogen) atoms. The van der Waals surface area contributed by atoms with Crippen LogP contribution in [0.15, 0.2) is 0 Å². The first kappa shape index (κ1) is 18.1. The molecule has 4 heteroatoms. The van der Waals surface area contributed by atoms with Crippen molar-refractivity contribution in [3.05, 3.63) is 0 Å². The van der Waals surface area contributed by atoms with Crippen molar-refractivity contribution < 1.29 is 14.3 Å². The number of carbonyl (C=O) groups excluding carboxylic acids is 2. The Kier molecular flexibility index (Phi) is 9.48. The molecule has 0 aliphatic heterocycles. The topological polar surface area (TPSA) is 69.4 Å². The van der Waals surface area contributed by atoms with Crippen LogP contribution >= 0.6 is 0 Å². The Morgan fingerprint density at radius 2 is 1.74 bits per heavy atom. The van der Waals surface area contributed by atoms with Crippen molar-refractivity contribution in [2.24, 2.45) is 23.5 Å². The zero-order chi connectivity index (χ0) is 14.8. The maximum Gasteiger partial charge on any atom is 0.306 e. The molecule has 0 heterocycles. The Balaban J connectivity index is 4.31. The molecule has 0 saturated heterocycles. The molecule has 0 bridgehead atoms. The van der Waals surface area contributed by atoms with Gasteiger partial charge in [0.25, 0.3) is 0 Å². The average Bonchev–Trinajstić information content (AvgIpc) is 2.34. The largest absolute Gasteiger partial charge is 0.465 e. The molecule has 0 aromatic heterocycles. The average molecular weight is 271 g/mol. The molecule has 0 aromatic rings. The molecule has 0 aliphatic rings. The van der Waals surface area contributed by atoms with Gasteiger partial charge in [-0.25, -0.2) is 0 Å². The third-order valence-corrected chi connectivity index (χ3v) is 2.97. The van der Waals surface area contributed by atoms with Crippen LogP contribution in [0.1, 0.15) is 53.4 Å². The number of ketones is 1. The van der Waals surface area contributed by atoms with Gasteiger partial charge in [-0.05, 0) is 25.3 Å². The van der Waals surface area contributed by atoms with E-state index in [-0.39, 0.29) is 30.0 Å². The van der Waals surface area contributed by atoms with Crippen LogP contribution in [0.5, 0.6) is 0 Å². The highest BCUT2D eigenvalue weighted by atomic mass is 16.5. The lowest BCUT2D eigenvalue weighted by Gasteiger charge is -2.17. The van der Waals surface area contributed by atoms with Crippen LogP contribution in [0.3, 0.4) is 0 Å². The van der Waals surface area contributed by atoms with Gasteiger partial charge in [-0.1, -0.05) is 34.1 Å². The fourth-order valence-corrected chi connectivity index (χ4v) is 1.87. The van der Waals surface area contributed by atoms with Crippen molar-refractivity contribution in [3.63, 3.8) is 0 Å². The summed E-state index contributed by atoms with van der Waals surface area (Å²) in [6, 6.07) is 0. The molecular formula is C15H29NO3. The van der Waals surface area contributed by atoms with E-state index in [0.29, 0.717) is 19.1 Å². The number of rotatable bonds is 10. The summed E-state index contributed by atoms with van der Waals surface area (Å²) in [4.78, 5) is 23.8. The van der Waals surface area contributed by atoms with Crippen LogP contribution in [0.2, 0.25) is 0 Å². The van der Waals surface area contributed by atoms with Crippen molar-refractivity contribution in [3.8, 4) is 0 Å². The van der Waals surface area contributed by atoms with Crippen LogP contribution in [-0.2, 0) is 14.3 Å². The lowest BCUT2D eigenvalue weighted by atomic mass is 9.88. The Hall–Kier alpha value is -0.900. The van der Waals surface area contributed by atoms with Gasteiger partial charge in [-0.3, -0.25) is 9.59 Å². The second kappa shape index (κ2) is 9.96. The first-order valence-corrected chi connectivity index (χ1v) is 7.27. The number of unbranched alkanes of at least 4 members (excludes halogenated alkanes) is 1. The van der Waals surface area contributed by atoms with Crippen molar-refractivity contribution in [1.29, 1.82) is 0 Å².